The lowest BCUT2D eigenvalue weighted by molar-refractivity contribution is -0.0776. The van der Waals surface area contributed by atoms with Crippen LogP contribution in [0.2, 0.25) is 0 Å². The molecule has 1 saturated heterocycles. The van der Waals surface area contributed by atoms with Gasteiger partial charge in [-0.1, -0.05) is 11.3 Å². The summed E-state index contributed by atoms with van der Waals surface area (Å²) in [6.07, 6.45) is 16.0. The number of anilines is 1. The molecule has 0 atom stereocenters. The minimum atomic E-state index is 0.146. The van der Waals surface area contributed by atoms with Gasteiger partial charge < -0.3 is 14.6 Å². The maximum Gasteiger partial charge on any atom is 0.137 e. The fourth-order valence-corrected chi connectivity index (χ4v) is 7.03. The lowest BCUT2D eigenvalue weighted by Crippen LogP contribution is -2.66. The molecule has 5 heterocycles. The number of pyridine rings is 2. The first-order valence-corrected chi connectivity index (χ1v) is 12.9. The van der Waals surface area contributed by atoms with E-state index in [0.29, 0.717) is 12.0 Å². The quantitative estimate of drug-likeness (QED) is 0.379. The Labute approximate surface area is 209 Å². The van der Waals surface area contributed by atoms with Crippen molar-refractivity contribution in [3.05, 3.63) is 60.4 Å². The van der Waals surface area contributed by atoms with E-state index in [-0.39, 0.29) is 4.87 Å². The Morgan fingerprint density at radius 2 is 1.89 bits per heavy atom. The van der Waals surface area contributed by atoms with Crippen LogP contribution in [0.25, 0.3) is 16.9 Å². The molecule has 8 rings (SSSR count). The summed E-state index contributed by atoms with van der Waals surface area (Å²) >= 11 is 6.39. The second kappa shape index (κ2) is 8.03. The summed E-state index contributed by atoms with van der Waals surface area (Å²) in [7, 11) is 0. The number of alkyl halides is 1. The molecule has 180 valence electrons. The van der Waals surface area contributed by atoms with Crippen LogP contribution in [0.1, 0.15) is 43.4 Å². The summed E-state index contributed by atoms with van der Waals surface area (Å²) in [6, 6.07) is 6.39. The lowest BCUT2D eigenvalue weighted by atomic mass is 9.44. The van der Waals surface area contributed by atoms with E-state index < -0.39 is 0 Å². The average Bonchev–Trinajstić information content (AvgIpc) is 3.58. The summed E-state index contributed by atoms with van der Waals surface area (Å²) in [5.41, 5.74) is 6.60. The van der Waals surface area contributed by atoms with E-state index >= 15 is 0 Å². The summed E-state index contributed by atoms with van der Waals surface area (Å²) < 4.78 is 3.94. The van der Waals surface area contributed by atoms with E-state index in [0.717, 1.165) is 54.5 Å². The van der Waals surface area contributed by atoms with Gasteiger partial charge in [0.1, 0.15) is 11.3 Å². The van der Waals surface area contributed by atoms with Crippen molar-refractivity contribution in [1.82, 2.24) is 34.7 Å². The SMILES string of the molecule is ClC12CC(CNCc3ccc4nc(Cn5cc(-c6cncc(N7CCCC7)c6)nn5)cn4c3)(C1)C2. The van der Waals surface area contributed by atoms with Crippen molar-refractivity contribution in [2.75, 3.05) is 24.5 Å². The molecular formula is C26H29ClN8. The smallest absolute Gasteiger partial charge is 0.137 e. The van der Waals surface area contributed by atoms with Gasteiger partial charge in [0, 0.05) is 55.2 Å². The van der Waals surface area contributed by atoms with Gasteiger partial charge in [0.05, 0.1) is 30.3 Å². The molecular weight excluding hydrogens is 460 g/mol. The normalized spacial score (nSPS) is 25.1. The molecule has 0 amide bonds. The van der Waals surface area contributed by atoms with Crippen molar-refractivity contribution in [2.45, 2.75) is 50.1 Å². The number of nitrogens with one attached hydrogen (secondary N) is 1. The zero-order valence-corrected chi connectivity index (χ0v) is 20.5. The molecule has 3 saturated carbocycles. The third-order valence-electron chi connectivity index (χ3n) is 7.82. The van der Waals surface area contributed by atoms with Crippen molar-refractivity contribution in [3.63, 3.8) is 0 Å². The van der Waals surface area contributed by atoms with Gasteiger partial charge in [0.25, 0.3) is 0 Å². The number of imidazole rings is 1. The molecule has 4 fully saturated rings. The second-order valence-electron chi connectivity index (χ2n) is 10.7. The molecule has 1 aliphatic heterocycles. The highest BCUT2D eigenvalue weighted by Crippen LogP contribution is 2.70. The molecule has 9 heteroatoms. The number of nitrogens with zero attached hydrogens (tertiary/aromatic N) is 7. The van der Waals surface area contributed by atoms with E-state index in [9.17, 15) is 0 Å². The summed E-state index contributed by atoms with van der Waals surface area (Å²) in [5, 5.41) is 12.4. The second-order valence-corrected chi connectivity index (χ2v) is 11.5. The van der Waals surface area contributed by atoms with Gasteiger partial charge >= 0.3 is 0 Å². The van der Waals surface area contributed by atoms with Crippen LogP contribution in [0.15, 0.2) is 49.2 Å². The number of rotatable bonds is 8. The Bertz CT molecular complexity index is 1370. The molecule has 0 aromatic carbocycles. The Balaban J connectivity index is 1.01. The first kappa shape index (κ1) is 21.3. The van der Waals surface area contributed by atoms with Crippen LogP contribution >= 0.6 is 11.6 Å². The topological polar surface area (TPSA) is 76.2 Å². The van der Waals surface area contributed by atoms with E-state index in [1.54, 1.807) is 0 Å². The number of fused-ring (bicyclic) bond motifs is 1. The predicted octanol–water partition coefficient (Wildman–Crippen LogP) is 3.89. The van der Waals surface area contributed by atoms with Crippen molar-refractivity contribution in [1.29, 1.82) is 0 Å². The average molecular weight is 489 g/mol. The van der Waals surface area contributed by atoms with Gasteiger partial charge in [0.15, 0.2) is 0 Å². The molecule has 4 aliphatic rings. The molecule has 0 unspecified atom stereocenters. The number of aromatic nitrogens is 6. The summed E-state index contributed by atoms with van der Waals surface area (Å²) in [5.74, 6) is 0. The van der Waals surface area contributed by atoms with Crippen molar-refractivity contribution < 1.29 is 0 Å². The lowest BCUT2D eigenvalue weighted by Gasteiger charge is -2.67. The molecule has 1 N–H and O–H groups in total. The first-order chi connectivity index (χ1) is 17.0. The first-order valence-electron chi connectivity index (χ1n) is 12.5. The molecule has 8 nitrogen and oxygen atoms in total. The van der Waals surface area contributed by atoms with E-state index in [1.807, 2.05) is 23.3 Å². The Hall–Kier alpha value is -2.97. The van der Waals surface area contributed by atoms with Gasteiger partial charge in [-0.25, -0.2) is 9.67 Å². The van der Waals surface area contributed by atoms with Crippen molar-refractivity contribution in [2.24, 2.45) is 5.41 Å². The van der Waals surface area contributed by atoms with Crippen molar-refractivity contribution in [3.8, 4) is 11.3 Å². The van der Waals surface area contributed by atoms with Crippen LogP contribution in [0.5, 0.6) is 0 Å². The highest BCUT2D eigenvalue weighted by Gasteiger charge is 2.66. The fraction of sp³-hybridized carbons (Fsp3) is 0.462. The predicted molar refractivity (Wildman–Crippen MR) is 136 cm³/mol. The maximum absolute atomic E-state index is 6.39. The zero-order valence-electron chi connectivity index (χ0n) is 19.7. The van der Waals surface area contributed by atoms with Crippen LogP contribution in [-0.4, -0.2) is 53.9 Å². The largest absolute Gasteiger partial charge is 0.370 e. The fourth-order valence-electron chi connectivity index (χ4n) is 6.18. The van der Waals surface area contributed by atoms with Crippen LogP contribution in [0.4, 0.5) is 5.69 Å². The molecule has 0 spiro atoms. The highest BCUT2D eigenvalue weighted by atomic mass is 35.5. The standard InChI is InChI=1S/C26H29ClN8/c27-26-15-25(16-26,17-26)18-29-8-19-3-4-24-30-21(12-34(24)11-19)13-35-14-23(31-32-35)20-7-22(10-28-9-20)33-5-1-2-6-33/h3-4,7,9-12,14,29H,1-2,5-6,8,13,15-18H2. The summed E-state index contributed by atoms with van der Waals surface area (Å²) in [6.45, 7) is 4.68. The minimum absolute atomic E-state index is 0.146. The van der Waals surface area contributed by atoms with Gasteiger partial charge in [0.2, 0.25) is 0 Å². The third kappa shape index (κ3) is 3.98. The number of hydrogen-bond acceptors (Lipinski definition) is 6. The maximum atomic E-state index is 6.39. The van der Waals surface area contributed by atoms with Gasteiger partial charge in [-0.2, -0.15) is 0 Å². The van der Waals surface area contributed by atoms with Gasteiger partial charge in [-0.15, -0.1) is 16.7 Å². The zero-order chi connectivity index (χ0) is 23.5. The molecule has 0 radical (unpaired) electrons. The Kier molecular flexibility index (Phi) is 4.89. The van der Waals surface area contributed by atoms with Crippen LogP contribution in [0.3, 0.4) is 0 Å². The highest BCUT2D eigenvalue weighted by molar-refractivity contribution is 6.26. The molecule has 35 heavy (non-hydrogen) atoms. The van der Waals surface area contributed by atoms with Gasteiger partial charge in [-0.3, -0.25) is 4.98 Å². The summed E-state index contributed by atoms with van der Waals surface area (Å²) in [4.78, 5) is 11.7. The molecule has 4 aromatic rings. The number of hydrogen-bond donors (Lipinski definition) is 1. The van der Waals surface area contributed by atoms with E-state index in [2.05, 4.69) is 60.5 Å². The van der Waals surface area contributed by atoms with Crippen LogP contribution < -0.4 is 10.2 Å². The monoisotopic (exact) mass is 488 g/mol. The van der Waals surface area contributed by atoms with Crippen LogP contribution in [0, 0.1) is 5.41 Å². The third-order valence-corrected chi connectivity index (χ3v) is 8.22. The van der Waals surface area contributed by atoms with Crippen molar-refractivity contribution >= 4 is 22.9 Å². The Morgan fingerprint density at radius 3 is 2.71 bits per heavy atom. The molecule has 3 aliphatic carbocycles. The molecule has 2 bridgehead atoms. The molecule has 4 aromatic heterocycles. The minimum Gasteiger partial charge on any atom is -0.370 e. The van der Waals surface area contributed by atoms with E-state index in [4.69, 9.17) is 16.6 Å². The number of halogens is 1. The van der Waals surface area contributed by atoms with Crippen LogP contribution in [-0.2, 0) is 13.1 Å². The Morgan fingerprint density at radius 1 is 1.03 bits per heavy atom. The van der Waals surface area contributed by atoms with Gasteiger partial charge in [-0.05, 0) is 55.2 Å². The van der Waals surface area contributed by atoms with E-state index in [1.165, 1.54) is 37.7 Å².